The fourth-order valence-corrected chi connectivity index (χ4v) is 2.56. The van der Waals surface area contributed by atoms with Crippen LogP contribution in [0.15, 0.2) is 0 Å². The smallest absolute Gasteiger partial charge is 0.156 e. The molecule has 1 N–H and O–H groups in total. The molecule has 0 spiro atoms. The van der Waals surface area contributed by atoms with Gasteiger partial charge >= 0.3 is 0 Å². The number of unbranched alkanes of at least 4 members (excludes halogenated alkanes) is 2. The molecule has 2 rings (SSSR count). The van der Waals surface area contributed by atoms with E-state index in [4.69, 9.17) is 11.6 Å². The maximum absolute atomic E-state index is 6.27. The van der Waals surface area contributed by atoms with Crippen molar-refractivity contribution >= 4 is 17.3 Å². The number of aromatic nitrogens is 2. The normalized spacial score (nSPS) is 17.1. The molecule has 18 heavy (non-hydrogen) atoms. The molecular formula is C14H22ClN3. The predicted molar refractivity (Wildman–Crippen MR) is 76.3 cm³/mol. The highest BCUT2D eigenvalue weighted by molar-refractivity contribution is 6.32. The first kappa shape index (κ1) is 13.6. The fourth-order valence-electron chi connectivity index (χ4n) is 2.31. The molecular weight excluding hydrogens is 246 g/mol. The van der Waals surface area contributed by atoms with Gasteiger partial charge in [0.2, 0.25) is 0 Å². The minimum absolute atomic E-state index is 0.0870. The fraction of sp³-hybridized carbons (Fsp3) is 0.714. The highest BCUT2D eigenvalue weighted by Gasteiger charge is 2.27. The van der Waals surface area contributed by atoms with Crippen LogP contribution in [0.2, 0.25) is 5.15 Å². The van der Waals surface area contributed by atoms with Crippen molar-refractivity contribution in [3.63, 3.8) is 0 Å². The van der Waals surface area contributed by atoms with Crippen LogP contribution in [0.5, 0.6) is 0 Å². The van der Waals surface area contributed by atoms with E-state index in [-0.39, 0.29) is 5.54 Å². The minimum Gasteiger partial charge on any atom is -0.376 e. The lowest BCUT2D eigenvalue weighted by molar-refractivity contribution is 0.494. The second kappa shape index (κ2) is 5.43. The number of aryl methyl sites for hydroxylation is 2. The Morgan fingerprint density at radius 1 is 1.28 bits per heavy atom. The van der Waals surface area contributed by atoms with Crippen molar-refractivity contribution in [3.05, 3.63) is 16.7 Å². The third-order valence-corrected chi connectivity index (χ3v) is 3.71. The molecule has 1 aliphatic rings. The Balaban J connectivity index is 2.17. The Bertz CT molecular complexity index is 429. The van der Waals surface area contributed by atoms with Crippen LogP contribution in [0.1, 0.15) is 58.0 Å². The number of fused-ring (bicyclic) bond motifs is 1. The van der Waals surface area contributed by atoms with Gasteiger partial charge in [-0.1, -0.05) is 31.4 Å². The van der Waals surface area contributed by atoms with E-state index < -0.39 is 0 Å². The van der Waals surface area contributed by atoms with Gasteiger partial charge in [0.1, 0.15) is 5.82 Å². The third-order valence-electron chi connectivity index (χ3n) is 3.44. The summed E-state index contributed by atoms with van der Waals surface area (Å²) >= 11 is 6.27. The summed E-state index contributed by atoms with van der Waals surface area (Å²) in [6, 6.07) is 0. The molecule has 0 atom stereocenters. The highest BCUT2D eigenvalue weighted by atomic mass is 35.5. The van der Waals surface area contributed by atoms with Crippen LogP contribution in [0.3, 0.4) is 0 Å². The van der Waals surface area contributed by atoms with E-state index in [0.717, 1.165) is 42.9 Å². The standard InChI is InChI=1S/C14H22ClN3/c1-4-5-6-7-11-16-10-8-9-14(2,3)18-12(10)13(15)17-11/h18H,4-9H2,1-3H3. The summed E-state index contributed by atoms with van der Waals surface area (Å²) in [5.74, 6) is 0.897. The molecule has 1 aromatic rings. The van der Waals surface area contributed by atoms with Crippen LogP contribution < -0.4 is 5.32 Å². The molecule has 2 heterocycles. The molecule has 0 fully saturated rings. The maximum atomic E-state index is 6.27. The summed E-state index contributed by atoms with van der Waals surface area (Å²) in [7, 11) is 0. The van der Waals surface area contributed by atoms with Crippen LogP contribution in [0, 0.1) is 0 Å². The van der Waals surface area contributed by atoms with Crippen molar-refractivity contribution in [1.82, 2.24) is 9.97 Å². The van der Waals surface area contributed by atoms with Crippen molar-refractivity contribution in [2.24, 2.45) is 0 Å². The Hall–Kier alpha value is -0.830. The van der Waals surface area contributed by atoms with Gasteiger partial charge in [-0.2, -0.15) is 0 Å². The molecule has 0 unspecified atom stereocenters. The quantitative estimate of drug-likeness (QED) is 0.662. The largest absolute Gasteiger partial charge is 0.376 e. The first-order valence-electron chi connectivity index (χ1n) is 6.85. The topological polar surface area (TPSA) is 37.8 Å². The average molecular weight is 268 g/mol. The predicted octanol–water partition coefficient (Wildman–Crippen LogP) is 4.00. The molecule has 0 saturated heterocycles. The molecule has 1 aliphatic heterocycles. The second-order valence-corrected chi connectivity index (χ2v) is 6.08. The van der Waals surface area contributed by atoms with E-state index in [0.29, 0.717) is 5.15 Å². The van der Waals surface area contributed by atoms with Crippen LogP contribution in [0.25, 0.3) is 0 Å². The van der Waals surface area contributed by atoms with E-state index in [9.17, 15) is 0 Å². The lowest BCUT2D eigenvalue weighted by Gasteiger charge is -2.33. The molecule has 3 nitrogen and oxygen atoms in total. The van der Waals surface area contributed by atoms with Crippen LogP contribution in [-0.4, -0.2) is 15.5 Å². The lowest BCUT2D eigenvalue weighted by Crippen LogP contribution is -2.36. The van der Waals surface area contributed by atoms with Gasteiger partial charge in [-0.25, -0.2) is 9.97 Å². The SMILES string of the molecule is CCCCCc1nc(Cl)c2c(n1)CCC(C)(C)N2. The highest BCUT2D eigenvalue weighted by Crippen LogP contribution is 2.33. The van der Waals surface area contributed by atoms with Gasteiger partial charge in [0, 0.05) is 12.0 Å². The van der Waals surface area contributed by atoms with E-state index in [1.165, 1.54) is 12.8 Å². The molecule has 100 valence electrons. The van der Waals surface area contributed by atoms with E-state index in [2.05, 4.69) is 36.1 Å². The molecule has 0 aromatic carbocycles. The third kappa shape index (κ3) is 3.14. The number of nitrogens with zero attached hydrogens (tertiary/aromatic N) is 2. The Labute approximate surface area is 114 Å². The lowest BCUT2D eigenvalue weighted by atomic mass is 9.92. The maximum Gasteiger partial charge on any atom is 0.156 e. The summed E-state index contributed by atoms with van der Waals surface area (Å²) in [6.07, 6.45) is 6.59. The molecule has 0 saturated carbocycles. The van der Waals surface area contributed by atoms with Gasteiger partial charge in [-0.05, 0) is 33.1 Å². The Morgan fingerprint density at radius 2 is 2.06 bits per heavy atom. The Morgan fingerprint density at radius 3 is 2.78 bits per heavy atom. The summed E-state index contributed by atoms with van der Waals surface area (Å²) in [5.41, 5.74) is 2.11. The number of hydrogen-bond acceptors (Lipinski definition) is 3. The zero-order valence-corrected chi connectivity index (χ0v) is 12.3. The van der Waals surface area contributed by atoms with Crippen molar-refractivity contribution in [2.45, 2.75) is 64.8 Å². The zero-order valence-electron chi connectivity index (χ0n) is 11.5. The number of halogens is 1. The van der Waals surface area contributed by atoms with E-state index in [1.807, 2.05) is 0 Å². The van der Waals surface area contributed by atoms with Gasteiger partial charge in [0.15, 0.2) is 5.15 Å². The van der Waals surface area contributed by atoms with Crippen LogP contribution in [0.4, 0.5) is 5.69 Å². The van der Waals surface area contributed by atoms with Gasteiger partial charge in [0.25, 0.3) is 0 Å². The number of anilines is 1. The second-order valence-electron chi connectivity index (χ2n) is 5.72. The summed E-state index contributed by atoms with van der Waals surface area (Å²) in [4.78, 5) is 9.07. The van der Waals surface area contributed by atoms with Gasteiger partial charge in [-0.15, -0.1) is 0 Å². The average Bonchev–Trinajstić information content (AvgIpc) is 2.30. The summed E-state index contributed by atoms with van der Waals surface area (Å²) in [5, 5.41) is 4.02. The zero-order chi connectivity index (χ0) is 13.2. The van der Waals surface area contributed by atoms with Crippen molar-refractivity contribution in [1.29, 1.82) is 0 Å². The molecule has 0 amide bonds. The van der Waals surface area contributed by atoms with Gasteiger partial charge in [-0.3, -0.25) is 0 Å². The van der Waals surface area contributed by atoms with Crippen LogP contribution in [-0.2, 0) is 12.8 Å². The van der Waals surface area contributed by atoms with E-state index >= 15 is 0 Å². The molecule has 0 radical (unpaired) electrons. The van der Waals surface area contributed by atoms with Gasteiger partial charge in [0.05, 0.1) is 11.4 Å². The van der Waals surface area contributed by atoms with Crippen molar-refractivity contribution in [3.8, 4) is 0 Å². The number of nitrogens with one attached hydrogen (secondary N) is 1. The first-order valence-corrected chi connectivity index (χ1v) is 7.23. The first-order chi connectivity index (χ1) is 8.52. The molecule has 1 aromatic heterocycles. The summed E-state index contributed by atoms with van der Waals surface area (Å²) in [6.45, 7) is 6.57. The van der Waals surface area contributed by atoms with Crippen LogP contribution >= 0.6 is 11.6 Å². The van der Waals surface area contributed by atoms with Crippen molar-refractivity contribution in [2.75, 3.05) is 5.32 Å². The molecule has 4 heteroatoms. The minimum atomic E-state index is 0.0870. The molecule has 0 aliphatic carbocycles. The molecule has 0 bridgehead atoms. The van der Waals surface area contributed by atoms with Gasteiger partial charge < -0.3 is 5.32 Å². The number of rotatable bonds is 4. The Kier molecular flexibility index (Phi) is 4.10. The van der Waals surface area contributed by atoms with E-state index in [1.54, 1.807) is 0 Å². The summed E-state index contributed by atoms with van der Waals surface area (Å²) < 4.78 is 0. The van der Waals surface area contributed by atoms with Crippen molar-refractivity contribution < 1.29 is 0 Å². The monoisotopic (exact) mass is 267 g/mol. The number of hydrogen-bond donors (Lipinski definition) is 1.